The number of nitrogens with zero attached hydrogens (tertiary/aromatic N) is 2. The van der Waals surface area contributed by atoms with Gasteiger partial charge >= 0.3 is 5.97 Å². The third-order valence-electron chi connectivity index (χ3n) is 2.04. The van der Waals surface area contributed by atoms with Crippen LogP contribution >= 0.6 is 15.9 Å². The van der Waals surface area contributed by atoms with Crippen molar-refractivity contribution in [2.45, 2.75) is 25.2 Å². The molecule has 0 saturated heterocycles. The zero-order chi connectivity index (χ0) is 10.1. The summed E-state index contributed by atoms with van der Waals surface area (Å²) in [6.45, 7) is 0. The molecule has 0 amide bonds. The first kappa shape index (κ1) is 9.58. The molecule has 5 heteroatoms. The van der Waals surface area contributed by atoms with Crippen LogP contribution in [0.5, 0.6) is 0 Å². The van der Waals surface area contributed by atoms with Gasteiger partial charge in [-0.15, -0.1) is 0 Å². The van der Waals surface area contributed by atoms with Gasteiger partial charge in [-0.3, -0.25) is 4.79 Å². The molecule has 1 aromatic rings. The van der Waals surface area contributed by atoms with Crippen LogP contribution in [0.4, 0.5) is 0 Å². The highest BCUT2D eigenvalue weighted by Crippen LogP contribution is 2.38. The molecule has 0 bridgehead atoms. The molecular weight excluding hydrogens is 248 g/mol. The summed E-state index contributed by atoms with van der Waals surface area (Å²) in [6, 6.07) is 1.65. The van der Waals surface area contributed by atoms with Gasteiger partial charge in [0.1, 0.15) is 10.4 Å². The summed E-state index contributed by atoms with van der Waals surface area (Å²) in [6.07, 6.45) is 2.19. The molecule has 0 spiro atoms. The molecule has 0 aliphatic heterocycles. The number of carbonyl (C=O) groups is 1. The second kappa shape index (κ2) is 3.65. The minimum Gasteiger partial charge on any atom is -0.481 e. The summed E-state index contributed by atoms with van der Waals surface area (Å²) >= 11 is 3.25. The van der Waals surface area contributed by atoms with E-state index >= 15 is 0 Å². The van der Waals surface area contributed by atoms with Gasteiger partial charge in [-0.2, -0.15) is 0 Å². The van der Waals surface area contributed by atoms with Gasteiger partial charge in [0.2, 0.25) is 0 Å². The van der Waals surface area contributed by atoms with E-state index in [0.717, 1.165) is 18.7 Å². The highest BCUT2D eigenvalue weighted by Gasteiger charge is 2.27. The normalized spacial score (nSPS) is 15.5. The van der Waals surface area contributed by atoms with Crippen LogP contribution in [0.3, 0.4) is 0 Å². The van der Waals surface area contributed by atoms with Crippen LogP contribution in [-0.4, -0.2) is 21.0 Å². The van der Waals surface area contributed by atoms with E-state index in [1.54, 1.807) is 6.07 Å². The summed E-state index contributed by atoms with van der Waals surface area (Å²) in [5.74, 6) is 0.355. The maximum Gasteiger partial charge on any atom is 0.309 e. The van der Waals surface area contributed by atoms with Gasteiger partial charge in [0.15, 0.2) is 0 Å². The summed E-state index contributed by atoms with van der Waals surface area (Å²) in [4.78, 5) is 18.9. The smallest absolute Gasteiger partial charge is 0.309 e. The van der Waals surface area contributed by atoms with E-state index in [2.05, 4.69) is 25.9 Å². The second-order valence-electron chi connectivity index (χ2n) is 3.38. The van der Waals surface area contributed by atoms with E-state index in [0.29, 0.717) is 16.2 Å². The Labute approximate surface area is 89.5 Å². The zero-order valence-electron chi connectivity index (χ0n) is 7.40. The molecule has 2 rings (SSSR count). The molecule has 0 atom stereocenters. The number of halogens is 1. The topological polar surface area (TPSA) is 63.1 Å². The largest absolute Gasteiger partial charge is 0.481 e. The molecule has 1 N–H and O–H groups in total. The maximum absolute atomic E-state index is 10.5. The summed E-state index contributed by atoms with van der Waals surface area (Å²) in [5.41, 5.74) is 0.571. The van der Waals surface area contributed by atoms with E-state index in [1.807, 2.05) is 0 Å². The van der Waals surface area contributed by atoms with Crippen molar-refractivity contribution >= 4 is 21.9 Å². The summed E-state index contributed by atoms with van der Waals surface area (Å²) in [7, 11) is 0. The Morgan fingerprint density at radius 2 is 2.29 bits per heavy atom. The molecule has 1 saturated carbocycles. The highest BCUT2D eigenvalue weighted by molar-refractivity contribution is 9.10. The molecule has 4 nitrogen and oxygen atoms in total. The molecule has 1 aromatic heterocycles. The lowest BCUT2D eigenvalue weighted by atomic mass is 10.3. The second-order valence-corrected chi connectivity index (χ2v) is 4.20. The Balaban J connectivity index is 2.26. The Kier molecular flexibility index (Phi) is 2.50. The van der Waals surface area contributed by atoms with Crippen LogP contribution in [-0.2, 0) is 11.2 Å². The Bertz CT molecular complexity index is 377. The van der Waals surface area contributed by atoms with Gasteiger partial charge < -0.3 is 5.11 Å². The molecular formula is C9H9BrN2O2. The van der Waals surface area contributed by atoms with Crippen molar-refractivity contribution in [3.63, 3.8) is 0 Å². The molecule has 14 heavy (non-hydrogen) atoms. The van der Waals surface area contributed by atoms with Gasteiger partial charge in [-0.1, -0.05) is 0 Å². The van der Waals surface area contributed by atoms with Crippen molar-refractivity contribution in [3.05, 3.63) is 22.2 Å². The molecule has 1 aliphatic rings. The monoisotopic (exact) mass is 256 g/mol. The zero-order valence-corrected chi connectivity index (χ0v) is 8.99. The number of hydrogen-bond acceptors (Lipinski definition) is 3. The average Bonchev–Trinajstić information content (AvgIpc) is 2.82. The Morgan fingerprint density at radius 3 is 2.86 bits per heavy atom. The van der Waals surface area contributed by atoms with Crippen molar-refractivity contribution in [1.29, 1.82) is 0 Å². The fourth-order valence-corrected chi connectivity index (χ4v) is 1.70. The Morgan fingerprint density at radius 1 is 1.57 bits per heavy atom. The van der Waals surface area contributed by atoms with E-state index in [4.69, 9.17) is 5.11 Å². The van der Waals surface area contributed by atoms with Gasteiger partial charge in [0.25, 0.3) is 0 Å². The third-order valence-corrected chi connectivity index (χ3v) is 2.45. The van der Waals surface area contributed by atoms with Gasteiger partial charge in [-0.25, -0.2) is 9.97 Å². The van der Waals surface area contributed by atoms with Crippen molar-refractivity contribution in [2.75, 3.05) is 0 Å². The lowest BCUT2D eigenvalue weighted by Crippen LogP contribution is -2.05. The van der Waals surface area contributed by atoms with Crippen LogP contribution in [0, 0.1) is 0 Å². The molecule has 0 unspecified atom stereocenters. The third kappa shape index (κ3) is 2.29. The Hall–Kier alpha value is -0.970. The SMILES string of the molecule is O=C(O)Cc1cc(Br)nc(C2CC2)n1. The number of carboxylic acids is 1. The first-order chi connectivity index (χ1) is 6.65. The van der Waals surface area contributed by atoms with E-state index in [-0.39, 0.29) is 6.42 Å². The predicted octanol–water partition coefficient (Wildman–Crippen LogP) is 1.74. The molecule has 74 valence electrons. The quantitative estimate of drug-likeness (QED) is 0.838. The average molecular weight is 257 g/mol. The standard InChI is InChI=1S/C9H9BrN2O2/c10-7-3-6(4-8(13)14)11-9(12-7)5-1-2-5/h3,5H,1-2,4H2,(H,13,14). The van der Waals surface area contributed by atoms with Crippen LogP contribution in [0.25, 0.3) is 0 Å². The number of aliphatic carboxylic acids is 1. The lowest BCUT2D eigenvalue weighted by molar-refractivity contribution is -0.136. The minimum absolute atomic E-state index is 0.0408. The van der Waals surface area contributed by atoms with Crippen molar-refractivity contribution < 1.29 is 9.90 Å². The van der Waals surface area contributed by atoms with E-state index in [1.165, 1.54) is 0 Å². The van der Waals surface area contributed by atoms with Gasteiger partial charge in [0.05, 0.1) is 12.1 Å². The maximum atomic E-state index is 10.5. The molecule has 1 fully saturated rings. The van der Waals surface area contributed by atoms with Crippen LogP contribution in [0.15, 0.2) is 10.7 Å². The number of rotatable bonds is 3. The highest BCUT2D eigenvalue weighted by atomic mass is 79.9. The first-order valence-electron chi connectivity index (χ1n) is 4.40. The van der Waals surface area contributed by atoms with Crippen LogP contribution in [0.2, 0.25) is 0 Å². The molecule has 1 aliphatic carbocycles. The van der Waals surface area contributed by atoms with Crippen LogP contribution in [0.1, 0.15) is 30.3 Å². The van der Waals surface area contributed by atoms with Crippen molar-refractivity contribution in [2.24, 2.45) is 0 Å². The van der Waals surface area contributed by atoms with Gasteiger partial charge in [-0.05, 0) is 34.8 Å². The molecule has 0 radical (unpaired) electrons. The molecule has 1 heterocycles. The van der Waals surface area contributed by atoms with Gasteiger partial charge in [0, 0.05) is 5.92 Å². The van der Waals surface area contributed by atoms with E-state index in [9.17, 15) is 4.79 Å². The van der Waals surface area contributed by atoms with Crippen molar-refractivity contribution in [1.82, 2.24) is 9.97 Å². The summed E-state index contributed by atoms with van der Waals surface area (Å²) in [5, 5.41) is 8.63. The fourth-order valence-electron chi connectivity index (χ4n) is 1.25. The minimum atomic E-state index is -0.864. The fraction of sp³-hybridized carbons (Fsp3) is 0.444. The van der Waals surface area contributed by atoms with Crippen molar-refractivity contribution in [3.8, 4) is 0 Å². The summed E-state index contributed by atoms with van der Waals surface area (Å²) < 4.78 is 0.672. The molecule has 0 aromatic carbocycles. The number of hydrogen-bond donors (Lipinski definition) is 1. The van der Waals surface area contributed by atoms with E-state index < -0.39 is 5.97 Å². The first-order valence-corrected chi connectivity index (χ1v) is 5.19. The number of aromatic nitrogens is 2. The lowest BCUT2D eigenvalue weighted by Gasteiger charge is -2.01. The number of carboxylic acid groups (broad SMARTS) is 1. The van der Waals surface area contributed by atoms with Crippen LogP contribution < -0.4 is 0 Å². The predicted molar refractivity (Wildman–Crippen MR) is 53.0 cm³/mol.